The van der Waals surface area contributed by atoms with Crippen LogP contribution in [0.1, 0.15) is 29.3 Å². The third-order valence-electron chi connectivity index (χ3n) is 5.70. The smallest absolute Gasteiger partial charge is 0.254 e. The monoisotopic (exact) mass is 485 g/mol. The lowest BCUT2D eigenvalue weighted by Gasteiger charge is -2.33. The number of halogens is 3. The second-order valence-electron chi connectivity index (χ2n) is 8.08. The Morgan fingerprint density at radius 1 is 1.19 bits per heavy atom. The summed E-state index contributed by atoms with van der Waals surface area (Å²) in [6.45, 7) is 4.93. The summed E-state index contributed by atoms with van der Waals surface area (Å²) in [5.74, 6) is 0.0515. The standard InChI is InChI=1S/C23H28FN3O3.2ClH/c1-15-12-27-13-17(10-18(27)14-29-15)26-23(28)21-11-20(6-7-22(21)24)30-19-4-2-16(3-5-19)8-9-25;;/h2-7,11,15,17-18H,8-10,12-14,25H2,1H3,(H,26,28);2*1H/t15-,17-,18+;;/m1../s1. The van der Waals surface area contributed by atoms with Crippen molar-refractivity contribution in [2.24, 2.45) is 5.73 Å². The molecule has 2 saturated heterocycles. The molecule has 0 saturated carbocycles. The van der Waals surface area contributed by atoms with E-state index in [1.165, 1.54) is 18.2 Å². The summed E-state index contributed by atoms with van der Waals surface area (Å²) in [6, 6.07) is 12.1. The number of nitrogens with two attached hydrogens (primary N) is 1. The molecule has 1 amide bonds. The lowest BCUT2D eigenvalue weighted by molar-refractivity contribution is -0.0390. The van der Waals surface area contributed by atoms with Crippen molar-refractivity contribution in [2.75, 3.05) is 26.2 Å². The molecule has 2 heterocycles. The quantitative estimate of drug-likeness (QED) is 0.653. The first-order valence-corrected chi connectivity index (χ1v) is 10.4. The molecule has 176 valence electrons. The average Bonchev–Trinajstić information content (AvgIpc) is 3.12. The SMILES string of the molecule is C[C@@H]1CN2C[C@H](NC(=O)c3cc(Oc4ccc(CCN)cc4)ccc3F)C[C@H]2CO1.Cl.Cl. The van der Waals surface area contributed by atoms with Gasteiger partial charge in [0, 0.05) is 25.2 Å². The highest BCUT2D eigenvalue weighted by molar-refractivity contribution is 5.95. The molecule has 6 nitrogen and oxygen atoms in total. The molecule has 0 unspecified atom stereocenters. The summed E-state index contributed by atoms with van der Waals surface area (Å²) in [4.78, 5) is 15.1. The van der Waals surface area contributed by atoms with E-state index in [9.17, 15) is 9.18 Å². The molecule has 0 aromatic heterocycles. The molecule has 0 radical (unpaired) electrons. The van der Waals surface area contributed by atoms with Gasteiger partial charge in [-0.15, -0.1) is 24.8 Å². The van der Waals surface area contributed by atoms with E-state index in [0.717, 1.165) is 31.5 Å². The summed E-state index contributed by atoms with van der Waals surface area (Å²) in [6.07, 6.45) is 1.81. The van der Waals surface area contributed by atoms with Gasteiger partial charge in [-0.05, 0) is 62.2 Å². The van der Waals surface area contributed by atoms with Crippen LogP contribution in [0.25, 0.3) is 0 Å². The first-order chi connectivity index (χ1) is 14.5. The Morgan fingerprint density at radius 2 is 1.91 bits per heavy atom. The molecule has 2 aliphatic rings. The summed E-state index contributed by atoms with van der Waals surface area (Å²) < 4.78 is 25.9. The van der Waals surface area contributed by atoms with Crippen LogP contribution in [-0.4, -0.2) is 55.2 Å². The minimum Gasteiger partial charge on any atom is -0.457 e. The number of carbonyl (C=O) groups excluding carboxylic acids is 1. The van der Waals surface area contributed by atoms with Gasteiger partial charge in [-0.25, -0.2) is 4.39 Å². The van der Waals surface area contributed by atoms with Gasteiger partial charge >= 0.3 is 0 Å². The van der Waals surface area contributed by atoms with Crippen molar-refractivity contribution in [2.45, 2.75) is 38.0 Å². The van der Waals surface area contributed by atoms with Gasteiger partial charge < -0.3 is 20.5 Å². The molecule has 3 N–H and O–H groups in total. The lowest BCUT2D eigenvalue weighted by Crippen LogP contribution is -2.45. The van der Waals surface area contributed by atoms with Crippen LogP contribution < -0.4 is 15.8 Å². The van der Waals surface area contributed by atoms with E-state index < -0.39 is 11.7 Å². The van der Waals surface area contributed by atoms with Crippen LogP contribution in [0, 0.1) is 5.82 Å². The maximum atomic E-state index is 14.4. The third kappa shape index (κ3) is 6.33. The molecular formula is C23H30Cl2FN3O3. The topological polar surface area (TPSA) is 76.8 Å². The number of hydrogen-bond acceptors (Lipinski definition) is 5. The molecule has 2 fully saturated rings. The highest BCUT2D eigenvalue weighted by Gasteiger charge is 2.37. The molecular weight excluding hydrogens is 456 g/mol. The number of morpholine rings is 1. The molecule has 32 heavy (non-hydrogen) atoms. The minimum atomic E-state index is -0.564. The Hall–Kier alpha value is -1.90. The Morgan fingerprint density at radius 3 is 2.62 bits per heavy atom. The number of benzene rings is 2. The number of fused-ring (bicyclic) bond motifs is 1. The second kappa shape index (κ2) is 11.8. The van der Waals surface area contributed by atoms with Gasteiger partial charge in [-0.2, -0.15) is 0 Å². The fraction of sp³-hybridized carbons (Fsp3) is 0.435. The van der Waals surface area contributed by atoms with Crippen molar-refractivity contribution in [3.8, 4) is 11.5 Å². The van der Waals surface area contributed by atoms with E-state index in [4.69, 9.17) is 15.2 Å². The van der Waals surface area contributed by atoms with Crippen molar-refractivity contribution in [3.05, 3.63) is 59.4 Å². The minimum absolute atomic E-state index is 0. The van der Waals surface area contributed by atoms with Crippen LogP contribution in [0.4, 0.5) is 4.39 Å². The van der Waals surface area contributed by atoms with E-state index in [-0.39, 0.29) is 42.5 Å². The number of amides is 1. The van der Waals surface area contributed by atoms with E-state index in [2.05, 4.69) is 17.1 Å². The molecule has 3 atom stereocenters. The van der Waals surface area contributed by atoms with Crippen LogP contribution in [0.5, 0.6) is 11.5 Å². The van der Waals surface area contributed by atoms with Crippen LogP contribution in [0.2, 0.25) is 0 Å². The molecule has 2 aromatic carbocycles. The number of carbonyl (C=O) groups is 1. The zero-order chi connectivity index (χ0) is 21.1. The van der Waals surface area contributed by atoms with Crippen LogP contribution >= 0.6 is 24.8 Å². The van der Waals surface area contributed by atoms with Gasteiger partial charge in [-0.3, -0.25) is 9.69 Å². The van der Waals surface area contributed by atoms with Gasteiger partial charge in [-0.1, -0.05) is 12.1 Å². The van der Waals surface area contributed by atoms with E-state index in [0.29, 0.717) is 30.7 Å². The van der Waals surface area contributed by atoms with E-state index in [1.807, 2.05) is 24.3 Å². The highest BCUT2D eigenvalue weighted by Crippen LogP contribution is 2.26. The molecule has 2 aromatic rings. The molecule has 9 heteroatoms. The molecule has 2 aliphatic heterocycles. The van der Waals surface area contributed by atoms with Crippen LogP contribution in [0.15, 0.2) is 42.5 Å². The first kappa shape index (κ1) is 26.4. The summed E-state index contributed by atoms with van der Waals surface area (Å²) in [5, 5.41) is 2.98. The normalized spacial score (nSPS) is 22.3. The number of rotatable bonds is 6. The van der Waals surface area contributed by atoms with Crippen LogP contribution in [-0.2, 0) is 11.2 Å². The van der Waals surface area contributed by atoms with Crippen LogP contribution in [0.3, 0.4) is 0 Å². The van der Waals surface area contributed by atoms with Gasteiger partial charge in [0.05, 0.1) is 18.3 Å². The van der Waals surface area contributed by atoms with E-state index >= 15 is 0 Å². The fourth-order valence-electron chi connectivity index (χ4n) is 4.18. The number of hydrogen-bond donors (Lipinski definition) is 2. The number of nitrogens with zero attached hydrogens (tertiary/aromatic N) is 1. The Bertz CT molecular complexity index is 901. The van der Waals surface area contributed by atoms with Gasteiger partial charge in [0.2, 0.25) is 0 Å². The van der Waals surface area contributed by atoms with E-state index in [1.54, 1.807) is 0 Å². The maximum Gasteiger partial charge on any atom is 0.254 e. The molecule has 0 spiro atoms. The Kier molecular flexibility index (Phi) is 9.73. The highest BCUT2D eigenvalue weighted by atomic mass is 35.5. The second-order valence-corrected chi connectivity index (χ2v) is 8.08. The van der Waals surface area contributed by atoms with Gasteiger partial charge in [0.1, 0.15) is 17.3 Å². The Balaban J connectivity index is 0.00000181. The molecule has 0 aliphatic carbocycles. The average molecular weight is 486 g/mol. The fourth-order valence-corrected chi connectivity index (χ4v) is 4.18. The van der Waals surface area contributed by atoms with Crippen molar-refractivity contribution in [1.29, 1.82) is 0 Å². The largest absolute Gasteiger partial charge is 0.457 e. The summed E-state index contributed by atoms with van der Waals surface area (Å²) in [5.41, 5.74) is 6.68. The number of nitrogens with one attached hydrogen (secondary N) is 1. The third-order valence-corrected chi connectivity index (χ3v) is 5.70. The van der Waals surface area contributed by atoms with Crippen molar-refractivity contribution in [1.82, 2.24) is 10.2 Å². The predicted octanol–water partition coefficient (Wildman–Crippen LogP) is 3.55. The molecule has 0 bridgehead atoms. The summed E-state index contributed by atoms with van der Waals surface area (Å²) >= 11 is 0. The van der Waals surface area contributed by atoms with Gasteiger partial charge in [0.15, 0.2) is 0 Å². The summed E-state index contributed by atoms with van der Waals surface area (Å²) in [7, 11) is 0. The van der Waals surface area contributed by atoms with Crippen molar-refractivity contribution >= 4 is 30.7 Å². The molecule has 4 rings (SSSR count). The maximum absolute atomic E-state index is 14.4. The lowest BCUT2D eigenvalue weighted by atomic mass is 10.1. The number of ether oxygens (including phenoxy) is 2. The Labute approximate surface area is 200 Å². The van der Waals surface area contributed by atoms with Gasteiger partial charge in [0.25, 0.3) is 5.91 Å². The zero-order valence-corrected chi connectivity index (χ0v) is 19.6. The van der Waals surface area contributed by atoms with Crippen molar-refractivity contribution in [3.63, 3.8) is 0 Å². The first-order valence-electron chi connectivity index (χ1n) is 10.4. The predicted molar refractivity (Wildman–Crippen MR) is 127 cm³/mol. The van der Waals surface area contributed by atoms with Crippen molar-refractivity contribution < 1.29 is 18.7 Å². The zero-order valence-electron chi connectivity index (χ0n) is 18.0.